The number of hydrogen-bond donors (Lipinski definition) is 1. The maximum Gasteiger partial charge on any atom is 0.227 e. The van der Waals surface area contributed by atoms with Gasteiger partial charge in [-0.2, -0.15) is 4.52 Å². The molecule has 0 bridgehead atoms. The van der Waals surface area contributed by atoms with Crippen molar-refractivity contribution in [2.24, 2.45) is 5.92 Å². The second-order valence-corrected chi connectivity index (χ2v) is 6.99. The Morgan fingerprint density at radius 2 is 1.96 bits per heavy atom. The van der Waals surface area contributed by atoms with E-state index < -0.39 is 0 Å². The van der Waals surface area contributed by atoms with E-state index in [0.717, 1.165) is 54.0 Å². The van der Waals surface area contributed by atoms with Crippen molar-refractivity contribution in [1.29, 1.82) is 0 Å². The molecule has 0 unspecified atom stereocenters. The predicted octanol–water partition coefficient (Wildman–Crippen LogP) is 2.53. The molecule has 1 amide bonds. The maximum absolute atomic E-state index is 12.7. The highest BCUT2D eigenvalue weighted by Crippen LogP contribution is 2.24. The van der Waals surface area contributed by atoms with Crippen LogP contribution in [0.15, 0.2) is 55.0 Å². The number of pyridine rings is 1. The summed E-state index contributed by atoms with van der Waals surface area (Å²) in [5.74, 6) is 0.921. The van der Waals surface area contributed by atoms with E-state index in [2.05, 4.69) is 30.5 Å². The first-order valence-electron chi connectivity index (χ1n) is 9.34. The Morgan fingerprint density at radius 3 is 2.86 bits per heavy atom. The van der Waals surface area contributed by atoms with E-state index in [0.29, 0.717) is 0 Å². The Kier molecular flexibility index (Phi) is 4.08. The van der Waals surface area contributed by atoms with Crippen LogP contribution in [0.3, 0.4) is 0 Å². The van der Waals surface area contributed by atoms with Crippen LogP contribution in [0.1, 0.15) is 12.8 Å². The molecule has 8 nitrogen and oxygen atoms in total. The van der Waals surface area contributed by atoms with Crippen LogP contribution in [0.2, 0.25) is 0 Å². The van der Waals surface area contributed by atoms with Gasteiger partial charge in [-0.05, 0) is 37.1 Å². The molecule has 0 spiro atoms. The summed E-state index contributed by atoms with van der Waals surface area (Å²) in [7, 11) is 0. The topological polar surface area (TPSA) is 88.3 Å². The number of nitrogens with one attached hydrogen (secondary N) is 1. The van der Waals surface area contributed by atoms with Gasteiger partial charge in [0.2, 0.25) is 5.91 Å². The number of para-hydroxylation sites is 1. The number of aromatic nitrogens is 5. The van der Waals surface area contributed by atoms with Crippen molar-refractivity contribution >= 4 is 34.0 Å². The molecule has 28 heavy (non-hydrogen) atoms. The van der Waals surface area contributed by atoms with Gasteiger partial charge < -0.3 is 10.2 Å². The van der Waals surface area contributed by atoms with Crippen molar-refractivity contribution in [3.8, 4) is 0 Å². The Bertz CT molecular complexity index is 1150. The van der Waals surface area contributed by atoms with Crippen LogP contribution in [-0.4, -0.2) is 43.8 Å². The Labute approximate surface area is 161 Å². The van der Waals surface area contributed by atoms with E-state index in [1.807, 2.05) is 42.5 Å². The molecule has 5 rings (SSSR count). The number of carbonyl (C=O) groups excluding carboxylic acids is 1. The van der Waals surface area contributed by atoms with E-state index in [4.69, 9.17) is 0 Å². The molecule has 0 saturated carbocycles. The summed E-state index contributed by atoms with van der Waals surface area (Å²) in [6, 6.07) is 13.7. The average molecular weight is 373 g/mol. The second kappa shape index (κ2) is 6.88. The summed E-state index contributed by atoms with van der Waals surface area (Å²) in [5.41, 5.74) is 2.39. The zero-order valence-corrected chi connectivity index (χ0v) is 15.2. The van der Waals surface area contributed by atoms with Gasteiger partial charge in [0, 0.05) is 24.4 Å². The number of anilines is 2. The van der Waals surface area contributed by atoms with E-state index in [9.17, 15) is 4.79 Å². The molecule has 1 aliphatic heterocycles. The highest BCUT2D eigenvalue weighted by molar-refractivity contribution is 5.94. The Hall–Kier alpha value is -3.55. The van der Waals surface area contributed by atoms with E-state index in [1.54, 1.807) is 17.0 Å². The molecule has 4 heterocycles. The Morgan fingerprint density at radius 1 is 1.11 bits per heavy atom. The van der Waals surface area contributed by atoms with Crippen molar-refractivity contribution in [3.05, 3.63) is 55.0 Å². The fourth-order valence-electron chi connectivity index (χ4n) is 3.64. The van der Waals surface area contributed by atoms with Gasteiger partial charge in [0.15, 0.2) is 5.65 Å². The highest BCUT2D eigenvalue weighted by Gasteiger charge is 2.26. The van der Waals surface area contributed by atoms with Crippen LogP contribution in [0.5, 0.6) is 0 Å². The SMILES string of the molecule is O=C(Nc1cnc2ccccc2c1)C1CCN(c2ccc3nncn3n2)CC1. The number of rotatable bonds is 3. The lowest BCUT2D eigenvalue weighted by Crippen LogP contribution is -2.38. The van der Waals surface area contributed by atoms with Crippen molar-refractivity contribution in [2.45, 2.75) is 12.8 Å². The zero-order chi connectivity index (χ0) is 18.9. The summed E-state index contributed by atoms with van der Waals surface area (Å²) < 4.78 is 1.67. The van der Waals surface area contributed by atoms with Gasteiger partial charge >= 0.3 is 0 Å². The lowest BCUT2D eigenvalue weighted by atomic mass is 9.96. The summed E-state index contributed by atoms with van der Waals surface area (Å²) in [6.45, 7) is 1.57. The molecular weight excluding hydrogens is 354 g/mol. The fourth-order valence-corrected chi connectivity index (χ4v) is 3.64. The molecule has 8 heteroatoms. The predicted molar refractivity (Wildman–Crippen MR) is 106 cm³/mol. The van der Waals surface area contributed by atoms with Crippen LogP contribution in [0, 0.1) is 5.92 Å². The minimum atomic E-state index is -0.0126. The molecule has 0 radical (unpaired) electrons. The van der Waals surface area contributed by atoms with Gasteiger partial charge in [0.25, 0.3) is 0 Å². The quantitative estimate of drug-likeness (QED) is 0.594. The average Bonchev–Trinajstić information content (AvgIpc) is 3.21. The molecule has 4 aromatic rings. The summed E-state index contributed by atoms with van der Waals surface area (Å²) >= 11 is 0. The van der Waals surface area contributed by atoms with Crippen LogP contribution in [-0.2, 0) is 4.79 Å². The third-order valence-corrected chi connectivity index (χ3v) is 5.20. The molecule has 0 atom stereocenters. The highest BCUT2D eigenvalue weighted by atomic mass is 16.1. The molecule has 1 saturated heterocycles. The minimum absolute atomic E-state index is 0.0126. The number of fused-ring (bicyclic) bond motifs is 2. The van der Waals surface area contributed by atoms with Gasteiger partial charge in [-0.3, -0.25) is 9.78 Å². The second-order valence-electron chi connectivity index (χ2n) is 6.99. The molecular formula is C20H19N7O. The van der Waals surface area contributed by atoms with Crippen LogP contribution in [0.25, 0.3) is 16.6 Å². The summed E-state index contributed by atoms with van der Waals surface area (Å²) in [5, 5.41) is 16.4. The molecule has 1 aromatic carbocycles. The Balaban J connectivity index is 1.23. The molecule has 140 valence electrons. The molecule has 1 aliphatic rings. The molecule has 1 fully saturated rings. The molecule has 1 N–H and O–H groups in total. The number of nitrogens with zero attached hydrogens (tertiary/aromatic N) is 6. The van der Waals surface area contributed by atoms with E-state index in [-0.39, 0.29) is 11.8 Å². The standard InChI is InChI=1S/C20H19N7O/c28-20(23-16-11-15-3-1-2-4-17(15)21-12-16)14-7-9-26(10-8-14)19-6-5-18-24-22-13-27(18)25-19/h1-6,11-14H,7-10H2,(H,23,28). The summed E-state index contributed by atoms with van der Waals surface area (Å²) in [6.07, 6.45) is 4.88. The first-order chi connectivity index (χ1) is 13.8. The lowest BCUT2D eigenvalue weighted by Gasteiger charge is -2.31. The third kappa shape index (κ3) is 3.13. The maximum atomic E-state index is 12.7. The molecule has 3 aromatic heterocycles. The van der Waals surface area contributed by atoms with Crippen molar-refractivity contribution < 1.29 is 4.79 Å². The minimum Gasteiger partial charge on any atom is -0.355 e. The van der Waals surface area contributed by atoms with Gasteiger partial charge in [-0.1, -0.05) is 18.2 Å². The van der Waals surface area contributed by atoms with Gasteiger partial charge in [0.05, 0.1) is 17.4 Å². The molecule has 0 aliphatic carbocycles. The van der Waals surface area contributed by atoms with Crippen molar-refractivity contribution in [1.82, 2.24) is 24.8 Å². The van der Waals surface area contributed by atoms with Gasteiger partial charge in [-0.25, -0.2) is 0 Å². The first kappa shape index (κ1) is 16.6. The van der Waals surface area contributed by atoms with Crippen LogP contribution in [0.4, 0.5) is 11.5 Å². The fraction of sp³-hybridized carbons (Fsp3) is 0.250. The van der Waals surface area contributed by atoms with E-state index in [1.165, 1.54) is 0 Å². The van der Waals surface area contributed by atoms with Gasteiger partial charge in [0.1, 0.15) is 12.1 Å². The zero-order valence-electron chi connectivity index (χ0n) is 15.2. The normalized spacial score (nSPS) is 15.2. The monoisotopic (exact) mass is 373 g/mol. The number of benzene rings is 1. The van der Waals surface area contributed by atoms with Crippen LogP contribution < -0.4 is 10.2 Å². The number of carbonyl (C=O) groups is 1. The van der Waals surface area contributed by atoms with Crippen LogP contribution >= 0.6 is 0 Å². The third-order valence-electron chi connectivity index (χ3n) is 5.20. The number of piperidine rings is 1. The van der Waals surface area contributed by atoms with Crippen molar-refractivity contribution in [3.63, 3.8) is 0 Å². The van der Waals surface area contributed by atoms with Crippen molar-refractivity contribution in [2.75, 3.05) is 23.3 Å². The lowest BCUT2D eigenvalue weighted by molar-refractivity contribution is -0.120. The largest absolute Gasteiger partial charge is 0.355 e. The number of amides is 1. The van der Waals surface area contributed by atoms with E-state index >= 15 is 0 Å². The van der Waals surface area contributed by atoms with Gasteiger partial charge in [-0.15, -0.1) is 15.3 Å². The summed E-state index contributed by atoms with van der Waals surface area (Å²) in [4.78, 5) is 19.3. The first-order valence-corrected chi connectivity index (χ1v) is 9.34. The smallest absolute Gasteiger partial charge is 0.227 e. The number of hydrogen-bond acceptors (Lipinski definition) is 6.